The normalized spacial score (nSPS) is 10.2. The van der Waals surface area contributed by atoms with Crippen LogP contribution in [0.2, 0.25) is 0 Å². The van der Waals surface area contributed by atoms with E-state index in [1.54, 1.807) is 0 Å². The zero-order valence-electron chi connectivity index (χ0n) is 19.5. The SMILES string of the molecule is CCc1cc[c-](C(c2cccc(C)c2)(c2cccc(C)c2)c2cccc(C)c2)c1.[Cl-].[Cl-].[Cl-].[Ti+4]. The van der Waals surface area contributed by atoms with Crippen LogP contribution in [-0.2, 0) is 33.6 Å². The van der Waals surface area contributed by atoms with Crippen LogP contribution in [-0.4, -0.2) is 0 Å². The molecule has 4 aromatic rings. The van der Waals surface area contributed by atoms with Gasteiger partial charge in [-0.15, -0.1) is 5.56 Å². The van der Waals surface area contributed by atoms with E-state index in [9.17, 15) is 0 Å². The van der Waals surface area contributed by atoms with Gasteiger partial charge in [-0.1, -0.05) is 103 Å². The number of aryl methyl sites for hydroxylation is 4. The van der Waals surface area contributed by atoms with E-state index in [0.29, 0.717) is 0 Å². The topological polar surface area (TPSA) is 0 Å². The minimum Gasteiger partial charge on any atom is -1.00 e. The van der Waals surface area contributed by atoms with Gasteiger partial charge in [-0.25, -0.2) is 6.07 Å². The molecule has 0 N–H and O–H groups in total. The van der Waals surface area contributed by atoms with Gasteiger partial charge in [0, 0.05) is 5.41 Å². The molecule has 0 unspecified atom stereocenters. The van der Waals surface area contributed by atoms with Crippen LogP contribution < -0.4 is 37.2 Å². The van der Waals surface area contributed by atoms with Crippen molar-refractivity contribution in [3.63, 3.8) is 0 Å². The van der Waals surface area contributed by atoms with E-state index >= 15 is 0 Å². The third-order valence-electron chi connectivity index (χ3n) is 6.01. The van der Waals surface area contributed by atoms with Crippen molar-refractivity contribution in [1.82, 2.24) is 0 Å². The van der Waals surface area contributed by atoms with Crippen LogP contribution in [0, 0.1) is 20.8 Å². The van der Waals surface area contributed by atoms with E-state index in [4.69, 9.17) is 0 Å². The van der Waals surface area contributed by atoms with Crippen LogP contribution in [0.4, 0.5) is 0 Å². The van der Waals surface area contributed by atoms with Crippen molar-refractivity contribution in [2.75, 3.05) is 0 Å². The van der Waals surface area contributed by atoms with Gasteiger partial charge >= 0.3 is 21.7 Å². The monoisotopic (exact) mass is 530 g/mol. The molecule has 0 bridgehead atoms. The predicted molar refractivity (Wildman–Crippen MR) is 124 cm³/mol. The second-order valence-electron chi connectivity index (χ2n) is 8.22. The average Bonchev–Trinajstić information content (AvgIpc) is 3.18. The van der Waals surface area contributed by atoms with Gasteiger partial charge in [-0.3, -0.25) is 0 Å². The summed E-state index contributed by atoms with van der Waals surface area (Å²) >= 11 is 0. The number of benzene rings is 3. The third kappa shape index (κ3) is 6.19. The summed E-state index contributed by atoms with van der Waals surface area (Å²) in [6.45, 7) is 8.78. The summed E-state index contributed by atoms with van der Waals surface area (Å²) in [6.07, 6.45) is 1.05. The summed E-state index contributed by atoms with van der Waals surface area (Å²) in [4.78, 5) is 0. The van der Waals surface area contributed by atoms with Crippen molar-refractivity contribution >= 4 is 0 Å². The van der Waals surface area contributed by atoms with Gasteiger partial charge < -0.3 is 37.2 Å². The molecular formula is C29H29Cl3Ti. The second kappa shape index (κ2) is 13.5. The molecule has 4 aromatic carbocycles. The van der Waals surface area contributed by atoms with E-state index in [1.165, 1.54) is 44.5 Å². The fourth-order valence-electron chi connectivity index (χ4n) is 4.58. The smallest absolute Gasteiger partial charge is 1.00 e. The Balaban J connectivity index is 0.00000256. The second-order valence-corrected chi connectivity index (χ2v) is 8.22. The summed E-state index contributed by atoms with van der Waals surface area (Å²) in [5.74, 6) is 0. The molecule has 4 heteroatoms. The third-order valence-corrected chi connectivity index (χ3v) is 6.01. The molecule has 4 rings (SSSR count). The van der Waals surface area contributed by atoms with Gasteiger partial charge in [0.15, 0.2) is 0 Å². The number of hydrogen-bond acceptors (Lipinski definition) is 0. The fourth-order valence-corrected chi connectivity index (χ4v) is 4.58. The minimum absolute atomic E-state index is 0. The van der Waals surface area contributed by atoms with Gasteiger partial charge in [0.2, 0.25) is 0 Å². The summed E-state index contributed by atoms with van der Waals surface area (Å²) in [6, 6.07) is 34.0. The molecule has 0 fully saturated rings. The minimum atomic E-state index is -0.336. The number of hydrogen-bond donors (Lipinski definition) is 0. The first kappa shape index (κ1) is 31.6. The average molecular weight is 532 g/mol. The number of rotatable bonds is 5. The van der Waals surface area contributed by atoms with Gasteiger partial charge in [0.05, 0.1) is 0 Å². The van der Waals surface area contributed by atoms with E-state index in [1.807, 2.05) is 0 Å². The van der Waals surface area contributed by atoms with Crippen LogP contribution in [0.3, 0.4) is 0 Å². The molecule has 0 aliphatic heterocycles. The molecule has 0 atom stereocenters. The van der Waals surface area contributed by atoms with Crippen LogP contribution in [0.15, 0.2) is 91.0 Å². The van der Waals surface area contributed by atoms with E-state index in [-0.39, 0.29) is 64.4 Å². The maximum absolute atomic E-state index is 2.40. The zero-order valence-corrected chi connectivity index (χ0v) is 23.3. The molecule has 170 valence electrons. The first-order valence-corrected chi connectivity index (χ1v) is 10.5. The molecule has 0 saturated heterocycles. The first-order valence-electron chi connectivity index (χ1n) is 10.5. The van der Waals surface area contributed by atoms with Crippen molar-refractivity contribution < 1.29 is 58.9 Å². The Labute approximate surface area is 232 Å². The summed E-state index contributed by atoms with van der Waals surface area (Å²) in [7, 11) is 0. The van der Waals surface area contributed by atoms with Crippen LogP contribution >= 0.6 is 0 Å². The van der Waals surface area contributed by atoms with Crippen LogP contribution in [0.1, 0.15) is 51.4 Å². The zero-order chi connectivity index (χ0) is 20.4. The van der Waals surface area contributed by atoms with Crippen molar-refractivity contribution in [2.45, 2.75) is 39.5 Å². The van der Waals surface area contributed by atoms with E-state index in [0.717, 1.165) is 6.42 Å². The molecular weight excluding hydrogens is 503 g/mol. The molecule has 0 spiro atoms. The van der Waals surface area contributed by atoms with E-state index in [2.05, 4.69) is 119 Å². The van der Waals surface area contributed by atoms with Crippen molar-refractivity contribution in [3.8, 4) is 0 Å². The molecule has 0 nitrogen and oxygen atoms in total. The maximum atomic E-state index is 2.40. The Morgan fingerprint density at radius 2 is 1.03 bits per heavy atom. The standard InChI is InChI=1S/C29H29.3ClH.Ti/c1-5-24-15-16-28(20-24)29(25-12-6-9-21(2)17-25,26-13-7-10-22(3)18-26)27-14-8-11-23(4)19-27;;;;/h6-20H,5H2,1-4H3;3*1H;/q-1;;;;+4/p-3. The Hall–Kier alpha value is -1.41. The first-order chi connectivity index (χ1) is 14.0. The van der Waals surface area contributed by atoms with E-state index < -0.39 is 0 Å². The predicted octanol–water partition coefficient (Wildman–Crippen LogP) is -1.71. The molecule has 0 aliphatic carbocycles. The molecule has 0 radical (unpaired) electrons. The van der Waals surface area contributed by atoms with Crippen molar-refractivity contribution in [2.24, 2.45) is 0 Å². The Morgan fingerprint density at radius 3 is 1.33 bits per heavy atom. The molecule has 0 aromatic heterocycles. The van der Waals surface area contributed by atoms with Crippen molar-refractivity contribution in [3.05, 3.63) is 136 Å². The van der Waals surface area contributed by atoms with Crippen molar-refractivity contribution in [1.29, 1.82) is 0 Å². The molecule has 0 aliphatic rings. The van der Waals surface area contributed by atoms with Gasteiger partial charge in [0.25, 0.3) is 0 Å². The largest absolute Gasteiger partial charge is 4.00 e. The Bertz CT molecular complexity index is 1040. The summed E-state index contributed by atoms with van der Waals surface area (Å²) in [5.41, 5.74) is 10.2. The summed E-state index contributed by atoms with van der Waals surface area (Å²) < 4.78 is 0. The molecule has 0 heterocycles. The Kier molecular flexibility index (Phi) is 12.9. The fraction of sp³-hybridized carbons (Fsp3) is 0.207. The molecule has 0 amide bonds. The molecule has 0 saturated carbocycles. The van der Waals surface area contributed by atoms with Crippen LogP contribution in [0.25, 0.3) is 0 Å². The Morgan fingerprint density at radius 1 is 0.636 bits per heavy atom. The summed E-state index contributed by atoms with van der Waals surface area (Å²) in [5, 5.41) is 0. The van der Waals surface area contributed by atoms with Gasteiger partial charge in [-0.05, 0) is 37.5 Å². The van der Waals surface area contributed by atoms with Crippen LogP contribution in [0.5, 0.6) is 0 Å². The van der Waals surface area contributed by atoms with Gasteiger partial charge in [-0.2, -0.15) is 17.7 Å². The number of halogens is 3. The maximum Gasteiger partial charge on any atom is 4.00 e. The molecule has 33 heavy (non-hydrogen) atoms. The quantitative estimate of drug-likeness (QED) is 0.163. The van der Waals surface area contributed by atoms with Gasteiger partial charge in [0.1, 0.15) is 0 Å².